The second-order valence-electron chi connectivity index (χ2n) is 23.1. The third-order valence-corrected chi connectivity index (χ3v) is 16.6. The molecule has 0 amide bonds. The van der Waals surface area contributed by atoms with Crippen LogP contribution in [0.15, 0.2) is 131 Å². The van der Waals surface area contributed by atoms with E-state index in [-0.39, 0.29) is 11.4 Å². The Kier molecular flexibility index (Phi) is 23.3. The van der Waals surface area contributed by atoms with Crippen molar-refractivity contribution in [2.45, 2.75) is 182 Å². The molecule has 444 valence electrons. The number of benzene rings is 8. The molecule has 0 unspecified atom stereocenters. The Bertz CT molecular complexity index is 3400. The van der Waals surface area contributed by atoms with E-state index in [0.717, 1.165) is 139 Å². The molecule has 8 bridgehead atoms. The summed E-state index contributed by atoms with van der Waals surface area (Å²) in [5.41, 5.74) is 1.85. The van der Waals surface area contributed by atoms with E-state index in [9.17, 15) is 9.59 Å². The monoisotopic (exact) mass is 1130 g/mol. The Morgan fingerprint density at radius 3 is 0.690 bits per heavy atom. The van der Waals surface area contributed by atoms with Gasteiger partial charge in [-0.1, -0.05) is 180 Å². The van der Waals surface area contributed by atoms with Crippen molar-refractivity contribution in [3.63, 3.8) is 0 Å². The van der Waals surface area contributed by atoms with E-state index in [1.807, 2.05) is 48.5 Å². The third kappa shape index (κ3) is 16.5. The van der Waals surface area contributed by atoms with E-state index in [2.05, 4.69) is 120 Å². The first-order valence-electron chi connectivity index (χ1n) is 32.3. The molecule has 0 spiro atoms. The topological polar surface area (TPSA) is 134 Å². The first-order valence-corrected chi connectivity index (χ1v) is 32.3. The summed E-state index contributed by atoms with van der Waals surface area (Å²) in [5.74, 6) is 3.08. The predicted molar refractivity (Wildman–Crippen MR) is 356 cm³/mol. The van der Waals surface area contributed by atoms with Crippen LogP contribution >= 0.6 is 0 Å². The van der Waals surface area contributed by atoms with Gasteiger partial charge in [0.15, 0.2) is 0 Å². The normalized spacial score (nSPS) is 11.6. The molecule has 1 heterocycles. The zero-order valence-electron chi connectivity index (χ0n) is 50.8. The SMILES string of the molecule is CCCCCCCCOc1ccc2[nH]c(=O)[nH]c3ccc(OCCCCCCCC)c4ccc(cc34)c3ccc4c(OCCCCCCCC)ccc([nH]c(=O)[nH]c5ccc(OCCCCCCCC)c6ccc(cc56)c5ccc1c2c5)c4c3. The van der Waals surface area contributed by atoms with Crippen LogP contribution in [0.1, 0.15) is 182 Å². The van der Waals surface area contributed by atoms with Crippen molar-refractivity contribution in [1.82, 2.24) is 19.9 Å². The van der Waals surface area contributed by atoms with Gasteiger partial charge in [-0.05, 0) is 144 Å². The maximum absolute atomic E-state index is 14.6. The van der Waals surface area contributed by atoms with Crippen molar-refractivity contribution in [3.05, 3.63) is 142 Å². The van der Waals surface area contributed by atoms with Crippen molar-refractivity contribution in [2.24, 2.45) is 0 Å². The minimum absolute atomic E-state index is 0.369. The number of fused-ring (bicyclic) bond motifs is 6. The number of nitrogens with one attached hydrogen (secondary N) is 4. The summed E-state index contributed by atoms with van der Waals surface area (Å²) in [6.45, 7) is 11.4. The molecular weight excluding hydrogens is 1040 g/mol. The van der Waals surface area contributed by atoms with E-state index in [0.29, 0.717) is 48.5 Å². The molecule has 4 N–H and O–H groups in total. The Labute approximate surface area is 496 Å². The van der Waals surface area contributed by atoms with Crippen molar-refractivity contribution in [3.8, 4) is 23.0 Å². The lowest BCUT2D eigenvalue weighted by Gasteiger charge is -2.12. The molecule has 8 aromatic carbocycles. The van der Waals surface area contributed by atoms with Crippen LogP contribution in [0.5, 0.6) is 23.0 Å². The van der Waals surface area contributed by atoms with Crippen LogP contribution in [-0.4, -0.2) is 46.4 Å². The van der Waals surface area contributed by atoms with Gasteiger partial charge in [-0.25, -0.2) is 9.59 Å². The number of aromatic nitrogens is 4. The van der Waals surface area contributed by atoms with Gasteiger partial charge >= 0.3 is 11.4 Å². The van der Waals surface area contributed by atoms with Crippen LogP contribution in [0, 0.1) is 0 Å². The van der Waals surface area contributed by atoms with Gasteiger partial charge in [0.05, 0.1) is 48.5 Å². The first kappa shape index (κ1) is 61.1. The molecule has 1 aromatic heterocycles. The van der Waals surface area contributed by atoms with Crippen molar-refractivity contribution < 1.29 is 18.9 Å². The van der Waals surface area contributed by atoms with Gasteiger partial charge in [0.25, 0.3) is 0 Å². The standard InChI is InChI=1S/C74H92N4O6/c1-5-9-13-17-21-25-45-81-69-41-37-65-61-49-53(29-33-57(61)69)54-30-34-58-62(50-54)67(39-43-70(58)82-46-26-22-18-14-10-6-2)77-74(80)78-68-40-44-72(84-48-28-24-20-16-12-8-4)60-36-32-56(52-64(60)68)55-31-35-59-63(51-55)66(76-73(79)75-65)38-42-71(59)83-47-27-23-19-15-11-7-3/h29-44,49-52H,5-28,45-48H2,1-4H3,(H2,75,76,79)(H2,77,78,80). The smallest absolute Gasteiger partial charge is 0.323 e. The summed E-state index contributed by atoms with van der Waals surface area (Å²) in [6.07, 6.45) is 28.0. The van der Waals surface area contributed by atoms with E-state index in [1.54, 1.807) is 0 Å². The second-order valence-corrected chi connectivity index (χ2v) is 23.1. The fourth-order valence-electron chi connectivity index (χ4n) is 11.7. The molecule has 9 aromatic rings. The number of hydrogen-bond donors (Lipinski definition) is 4. The van der Waals surface area contributed by atoms with Crippen LogP contribution in [0.25, 0.3) is 86.7 Å². The quantitative estimate of drug-likeness (QED) is 0.0310. The molecule has 0 aliphatic carbocycles. The molecule has 10 nitrogen and oxygen atoms in total. The summed E-state index contributed by atoms with van der Waals surface area (Å²) in [7, 11) is 0. The highest BCUT2D eigenvalue weighted by atomic mass is 16.5. The summed E-state index contributed by atoms with van der Waals surface area (Å²) in [5, 5.41) is 10.7. The van der Waals surface area contributed by atoms with Crippen LogP contribution < -0.4 is 30.3 Å². The molecule has 0 aliphatic rings. The average Bonchev–Trinajstić information content (AvgIpc) is 3.44. The largest absolute Gasteiger partial charge is 0.493 e. The number of ether oxygens (including phenoxy) is 4. The Hall–Kier alpha value is -7.46. The van der Waals surface area contributed by atoms with E-state index in [1.165, 1.54) is 103 Å². The summed E-state index contributed by atoms with van der Waals surface area (Å²) in [4.78, 5) is 42.4. The zero-order valence-corrected chi connectivity index (χ0v) is 50.8. The van der Waals surface area contributed by atoms with Crippen LogP contribution in [-0.2, 0) is 0 Å². The highest BCUT2D eigenvalue weighted by Gasteiger charge is 2.13. The fraction of sp³-hybridized carbons (Fsp3) is 0.432. The molecular formula is C74H92N4O6. The van der Waals surface area contributed by atoms with Gasteiger partial charge in [0.1, 0.15) is 23.0 Å². The summed E-state index contributed by atoms with van der Waals surface area (Å²) in [6, 6.07) is 41.1. The number of H-pyrrole nitrogens is 4. The fourth-order valence-corrected chi connectivity index (χ4v) is 11.7. The van der Waals surface area contributed by atoms with Crippen LogP contribution in [0.3, 0.4) is 0 Å². The number of hydrogen-bond acceptors (Lipinski definition) is 6. The molecule has 0 saturated carbocycles. The first-order chi connectivity index (χ1) is 41.3. The minimum Gasteiger partial charge on any atom is -0.493 e. The van der Waals surface area contributed by atoms with Gasteiger partial charge in [0, 0.05) is 43.1 Å². The lowest BCUT2D eigenvalue weighted by Crippen LogP contribution is -2.07. The summed E-state index contributed by atoms with van der Waals surface area (Å²) >= 11 is 0. The molecule has 84 heavy (non-hydrogen) atoms. The molecule has 10 heteroatoms. The lowest BCUT2D eigenvalue weighted by molar-refractivity contribution is 0.307. The number of aromatic amines is 4. The molecule has 0 radical (unpaired) electrons. The van der Waals surface area contributed by atoms with E-state index in [4.69, 9.17) is 18.9 Å². The van der Waals surface area contributed by atoms with E-state index >= 15 is 0 Å². The Morgan fingerprint density at radius 1 is 0.250 bits per heavy atom. The maximum atomic E-state index is 14.6. The molecule has 0 fully saturated rings. The van der Waals surface area contributed by atoms with Gasteiger partial charge in [0.2, 0.25) is 0 Å². The Balaban J connectivity index is 1.25. The third-order valence-electron chi connectivity index (χ3n) is 16.6. The van der Waals surface area contributed by atoms with Crippen molar-refractivity contribution >= 4 is 86.7 Å². The molecule has 0 aliphatic heterocycles. The molecule has 0 saturated heterocycles. The van der Waals surface area contributed by atoms with Gasteiger partial charge < -0.3 is 38.9 Å². The second kappa shape index (κ2) is 32.0. The predicted octanol–water partition coefficient (Wildman–Crippen LogP) is 20.7. The van der Waals surface area contributed by atoms with E-state index < -0.39 is 0 Å². The van der Waals surface area contributed by atoms with Gasteiger partial charge in [-0.15, -0.1) is 0 Å². The van der Waals surface area contributed by atoms with Crippen molar-refractivity contribution in [2.75, 3.05) is 26.4 Å². The molecule has 0 atom stereocenters. The van der Waals surface area contributed by atoms with Crippen molar-refractivity contribution in [1.29, 1.82) is 0 Å². The Morgan fingerprint density at radius 2 is 0.464 bits per heavy atom. The van der Waals surface area contributed by atoms with Crippen LogP contribution in [0.2, 0.25) is 0 Å². The average molecular weight is 1130 g/mol. The summed E-state index contributed by atoms with van der Waals surface area (Å²) < 4.78 is 26.2. The lowest BCUT2D eigenvalue weighted by atomic mass is 10.0. The highest BCUT2D eigenvalue weighted by Crippen LogP contribution is 2.36. The zero-order chi connectivity index (χ0) is 58.3. The number of rotatable bonds is 32. The maximum Gasteiger partial charge on any atom is 0.323 e. The molecule has 9 rings (SSSR count). The van der Waals surface area contributed by atoms with Gasteiger partial charge in [-0.2, -0.15) is 0 Å². The van der Waals surface area contributed by atoms with Gasteiger partial charge in [-0.3, -0.25) is 0 Å². The number of unbranched alkanes of at least 4 members (excludes halogenated alkanes) is 20. The minimum atomic E-state index is -0.369. The highest BCUT2D eigenvalue weighted by molar-refractivity contribution is 6.09. The van der Waals surface area contributed by atoms with Crippen LogP contribution in [0.4, 0.5) is 0 Å².